The number of ether oxygens (including phenoxy) is 2. The molecule has 0 aliphatic carbocycles. The van der Waals surface area contributed by atoms with Crippen LogP contribution in [0.2, 0.25) is 0 Å². The minimum Gasteiger partial charge on any atom is -0.497 e. The summed E-state index contributed by atoms with van der Waals surface area (Å²) < 4.78 is 10.7. The average molecular weight is 317 g/mol. The van der Waals surface area contributed by atoms with Crippen molar-refractivity contribution in [3.8, 4) is 11.5 Å². The number of carbonyl (C=O) groups excluding carboxylic acids is 1. The Kier molecular flexibility index (Phi) is 6.08. The van der Waals surface area contributed by atoms with Gasteiger partial charge in [-0.25, -0.2) is 0 Å². The van der Waals surface area contributed by atoms with Crippen molar-refractivity contribution in [1.29, 1.82) is 0 Å². The molecule has 0 radical (unpaired) electrons. The summed E-state index contributed by atoms with van der Waals surface area (Å²) in [6.45, 7) is 4.97. The summed E-state index contributed by atoms with van der Waals surface area (Å²) >= 11 is 0. The van der Waals surface area contributed by atoms with Gasteiger partial charge in [0.1, 0.15) is 11.5 Å². The Labute approximate surface area is 139 Å². The highest BCUT2D eigenvalue weighted by Crippen LogP contribution is 2.30. The van der Waals surface area contributed by atoms with Crippen LogP contribution in [0.25, 0.3) is 5.57 Å². The lowest BCUT2D eigenvalue weighted by Crippen LogP contribution is -2.42. The van der Waals surface area contributed by atoms with Crippen LogP contribution >= 0.6 is 0 Å². The molecule has 1 unspecified atom stereocenters. The van der Waals surface area contributed by atoms with E-state index in [1.54, 1.807) is 20.3 Å². The van der Waals surface area contributed by atoms with Gasteiger partial charge in [0.2, 0.25) is 5.91 Å². The molecule has 1 heterocycles. The summed E-state index contributed by atoms with van der Waals surface area (Å²) in [6, 6.07) is 6.03. The number of piperidine rings is 1. The summed E-state index contributed by atoms with van der Waals surface area (Å²) in [6.07, 6.45) is 6.18. The molecule has 4 heteroatoms. The average Bonchev–Trinajstić information content (AvgIpc) is 2.60. The number of carbonyl (C=O) groups is 1. The first-order valence-electron chi connectivity index (χ1n) is 8.32. The smallest absolute Gasteiger partial charge is 0.247 e. The van der Waals surface area contributed by atoms with Crippen molar-refractivity contribution in [3.63, 3.8) is 0 Å². The first kappa shape index (κ1) is 17.4. The quantitative estimate of drug-likeness (QED) is 0.773. The first-order chi connectivity index (χ1) is 11.1. The maximum atomic E-state index is 12.7. The third-order valence-corrected chi connectivity index (χ3v) is 4.55. The van der Waals surface area contributed by atoms with Gasteiger partial charge in [-0.3, -0.25) is 4.79 Å². The van der Waals surface area contributed by atoms with Gasteiger partial charge in [-0.1, -0.05) is 6.92 Å². The predicted molar refractivity (Wildman–Crippen MR) is 92.8 cm³/mol. The molecule has 1 aromatic rings. The third kappa shape index (κ3) is 4.06. The van der Waals surface area contributed by atoms with E-state index in [4.69, 9.17) is 9.47 Å². The minimum absolute atomic E-state index is 0.104. The van der Waals surface area contributed by atoms with E-state index in [9.17, 15) is 4.79 Å². The van der Waals surface area contributed by atoms with Crippen LogP contribution in [0.3, 0.4) is 0 Å². The number of nitrogens with zero attached hydrogens (tertiary/aromatic N) is 1. The maximum Gasteiger partial charge on any atom is 0.247 e. The topological polar surface area (TPSA) is 38.8 Å². The lowest BCUT2D eigenvalue weighted by molar-refractivity contribution is -0.129. The fourth-order valence-electron chi connectivity index (χ4n) is 3.19. The van der Waals surface area contributed by atoms with E-state index in [-0.39, 0.29) is 5.91 Å². The van der Waals surface area contributed by atoms with Crippen molar-refractivity contribution in [2.45, 2.75) is 45.6 Å². The van der Waals surface area contributed by atoms with Crippen molar-refractivity contribution in [2.24, 2.45) is 0 Å². The van der Waals surface area contributed by atoms with Crippen LogP contribution in [0.4, 0.5) is 0 Å². The molecule has 0 aromatic heterocycles. The van der Waals surface area contributed by atoms with Gasteiger partial charge in [0.15, 0.2) is 0 Å². The van der Waals surface area contributed by atoms with Crippen LogP contribution in [0.15, 0.2) is 24.3 Å². The molecule has 0 bridgehead atoms. The second kappa shape index (κ2) is 8.04. The van der Waals surface area contributed by atoms with Crippen molar-refractivity contribution in [3.05, 3.63) is 29.8 Å². The number of benzene rings is 1. The van der Waals surface area contributed by atoms with Crippen molar-refractivity contribution < 1.29 is 14.3 Å². The van der Waals surface area contributed by atoms with Gasteiger partial charge >= 0.3 is 0 Å². The minimum atomic E-state index is 0.104. The molecule has 1 fully saturated rings. The van der Waals surface area contributed by atoms with Gasteiger partial charge in [0.05, 0.1) is 14.2 Å². The van der Waals surface area contributed by atoms with Crippen LogP contribution in [0, 0.1) is 0 Å². The maximum absolute atomic E-state index is 12.7. The second-order valence-electron chi connectivity index (χ2n) is 5.98. The summed E-state index contributed by atoms with van der Waals surface area (Å²) in [7, 11) is 3.26. The Hall–Kier alpha value is -1.97. The SMILES string of the molecule is CCC1CCCCN1C(=O)/C=C(\C)c1ccc(OC)cc1OC. The van der Waals surface area contributed by atoms with Crippen LogP contribution in [0.5, 0.6) is 11.5 Å². The molecule has 1 aliphatic heterocycles. The molecule has 4 nitrogen and oxygen atoms in total. The van der Waals surface area contributed by atoms with E-state index in [0.29, 0.717) is 6.04 Å². The van der Waals surface area contributed by atoms with Gasteiger partial charge in [-0.2, -0.15) is 0 Å². The van der Waals surface area contributed by atoms with E-state index < -0.39 is 0 Å². The molecule has 2 rings (SSSR count). The van der Waals surface area contributed by atoms with E-state index in [1.807, 2.05) is 30.0 Å². The van der Waals surface area contributed by atoms with Crippen LogP contribution in [-0.4, -0.2) is 37.6 Å². The fourth-order valence-corrected chi connectivity index (χ4v) is 3.19. The highest BCUT2D eigenvalue weighted by Gasteiger charge is 2.24. The molecule has 0 spiro atoms. The summed E-state index contributed by atoms with van der Waals surface area (Å²) in [5, 5.41) is 0. The lowest BCUT2D eigenvalue weighted by atomic mass is 9.99. The number of hydrogen-bond donors (Lipinski definition) is 0. The standard InChI is InChI=1S/C19H27NO3/c1-5-15-8-6-7-11-20(15)19(21)12-14(2)17-10-9-16(22-3)13-18(17)23-4/h9-10,12-13,15H,5-8,11H2,1-4H3/b14-12+. The Balaban J connectivity index is 2.23. The summed E-state index contributed by atoms with van der Waals surface area (Å²) in [5.74, 6) is 1.57. The van der Waals surface area contributed by atoms with Gasteiger partial charge in [-0.05, 0) is 50.3 Å². The van der Waals surface area contributed by atoms with Crippen LogP contribution in [0.1, 0.15) is 45.1 Å². The monoisotopic (exact) mass is 317 g/mol. The number of rotatable bonds is 5. The first-order valence-corrected chi connectivity index (χ1v) is 8.32. The second-order valence-corrected chi connectivity index (χ2v) is 5.98. The molecule has 126 valence electrons. The van der Waals surface area contributed by atoms with E-state index in [2.05, 4.69) is 6.92 Å². The fraction of sp³-hybridized carbons (Fsp3) is 0.526. The molecular weight excluding hydrogens is 290 g/mol. The molecule has 1 aliphatic rings. The zero-order valence-electron chi connectivity index (χ0n) is 14.6. The van der Waals surface area contributed by atoms with E-state index in [0.717, 1.165) is 48.4 Å². The zero-order valence-corrected chi connectivity index (χ0v) is 14.6. The summed E-state index contributed by atoms with van der Waals surface area (Å²) in [5.41, 5.74) is 1.83. The number of amides is 1. The molecule has 1 amide bonds. The zero-order chi connectivity index (χ0) is 16.8. The molecule has 0 saturated carbocycles. The van der Waals surface area contributed by atoms with E-state index >= 15 is 0 Å². The Morgan fingerprint density at radius 3 is 2.74 bits per heavy atom. The molecule has 1 saturated heterocycles. The molecule has 1 atom stereocenters. The van der Waals surface area contributed by atoms with Crippen LogP contribution in [-0.2, 0) is 4.79 Å². The molecule has 0 N–H and O–H groups in total. The highest BCUT2D eigenvalue weighted by molar-refractivity contribution is 5.95. The van der Waals surface area contributed by atoms with Crippen molar-refractivity contribution in [1.82, 2.24) is 4.90 Å². The van der Waals surface area contributed by atoms with E-state index in [1.165, 1.54) is 6.42 Å². The lowest BCUT2D eigenvalue weighted by Gasteiger charge is -2.34. The summed E-state index contributed by atoms with van der Waals surface area (Å²) in [4.78, 5) is 14.7. The number of methoxy groups -OCH3 is 2. The Morgan fingerprint density at radius 2 is 2.09 bits per heavy atom. The number of allylic oxidation sites excluding steroid dienone is 1. The normalized spacial score (nSPS) is 18.7. The van der Waals surface area contributed by atoms with Gasteiger partial charge in [0.25, 0.3) is 0 Å². The van der Waals surface area contributed by atoms with Crippen molar-refractivity contribution >= 4 is 11.5 Å². The number of hydrogen-bond acceptors (Lipinski definition) is 3. The molecular formula is C19H27NO3. The molecule has 23 heavy (non-hydrogen) atoms. The van der Waals surface area contributed by atoms with Gasteiger partial charge in [0, 0.05) is 30.3 Å². The van der Waals surface area contributed by atoms with Gasteiger partial charge < -0.3 is 14.4 Å². The van der Waals surface area contributed by atoms with Crippen molar-refractivity contribution in [2.75, 3.05) is 20.8 Å². The highest BCUT2D eigenvalue weighted by atomic mass is 16.5. The third-order valence-electron chi connectivity index (χ3n) is 4.55. The number of likely N-dealkylation sites (tertiary alicyclic amines) is 1. The predicted octanol–water partition coefficient (Wildman–Crippen LogP) is 3.90. The van der Waals surface area contributed by atoms with Crippen LogP contribution < -0.4 is 9.47 Å². The largest absolute Gasteiger partial charge is 0.497 e. The molecule has 1 aromatic carbocycles. The Bertz CT molecular complexity index is 580. The van der Waals surface area contributed by atoms with Gasteiger partial charge in [-0.15, -0.1) is 0 Å². The Morgan fingerprint density at radius 1 is 1.30 bits per heavy atom.